The van der Waals surface area contributed by atoms with Gasteiger partial charge in [-0.25, -0.2) is 0 Å². The fourth-order valence-electron chi connectivity index (χ4n) is 3.65. The molecule has 2 atom stereocenters. The van der Waals surface area contributed by atoms with Crippen molar-refractivity contribution in [3.63, 3.8) is 0 Å². The molecule has 0 saturated carbocycles. The molecule has 2 rings (SSSR count). The Hall–Kier alpha value is -0.610. The molecule has 2 aliphatic heterocycles. The minimum atomic E-state index is 0.0232. The van der Waals surface area contributed by atoms with E-state index in [1.807, 2.05) is 0 Å². The first kappa shape index (κ1) is 15.8. The second-order valence-corrected chi connectivity index (χ2v) is 6.89. The Morgan fingerprint density at radius 3 is 2.50 bits per heavy atom. The molecule has 2 N–H and O–H groups in total. The molecule has 1 amide bonds. The summed E-state index contributed by atoms with van der Waals surface area (Å²) in [4.78, 5) is 17.2. The van der Waals surface area contributed by atoms with Crippen LogP contribution >= 0.6 is 0 Å². The van der Waals surface area contributed by atoms with Gasteiger partial charge < -0.3 is 10.6 Å². The predicted octanol–water partition coefficient (Wildman–Crippen LogP) is 1.69. The Bertz CT molecular complexity index is 313. The van der Waals surface area contributed by atoms with E-state index in [-0.39, 0.29) is 5.92 Å². The third-order valence-electron chi connectivity index (χ3n) is 4.77. The van der Waals surface area contributed by atoms with Crippen LogP contribution in [-0.4, -0.2) is 54.5 Å². The molecule has 0 aromatic carbocycles. The third kappa shape index (κ3) is 3.95. The second-order valence-electron chi connectivity index (χ2n) is 6.89. The molecule has 0 aromatic rings. The summed E-state index contributed by atoms with van der Waals surface area (Å²) in [7, 11) is 0. The Labute approximate surface area is 123 Å². The van der Waals surface area contributed by atoms with Crippen molar-refractivity contribution in [3.8, 4) is 0 Å². The minimum absolute atomic E-state index is 0.0232. The van der Waals surface area contributed by atoms with Gasteiger partial charge in [0.2, 0.25) is 5.91 Å². The minimum Gasteiger partial charge on any atom is -0.341 e. The van der Waals surface area contributed by atoms with Crippen LogP contribution in [0.1, 0.15) is 46.0 Å². The van der Waals surface area contributed by atoms with Gasteiger partial charge in [-0.15, -0.1) is 0 Å². The van der Waals surface area contributed by atoms with Crippen LogP contribution in [-0.2, 0) is 4.79 Å². The maximum absolute atomic E-state index is 12.6. The molecule has 2 aliphatic rings. The van der Waals surface area contributed by atoms with Crippen molar-refractivity contribution >= 4 is 5.91 Å². The van der Waals surface area contributed by atoms with E-state index in [4.69, 9.17) is 5.73 Å². The molecular formula is C16H31N3O. The summed E-state index contributed by atoms with van der Waals surface area (Å²) in [6, 6.07) is 0.594. The van der Waals surface area contributed by atoms with E-state index in [0.29, 0.717) is 24.4 Å². The highest BCUT2D eigenvalue weighted by molar-refractivity contribution is 5.79. The second kappa shape index (κ2) is 7.41. The van der Waals surface area contributed by atoms with Crippen LogP contribution < -0.4 is 5.73 Å². The normalized spacial score (nSPS) is 26.2. The Kier molecular flexibility index (Phi) is 5.85. The zero-order valence-corrected chi connectivity index (χ0v) is 13.2. The van der Waals surface area contributed by atoms with Crippen molar-refractivity contribution in [2.24, 2.45) is 17.6 Å². The molecule has 0 radical (unpaired) electrons. The van der Waals surface area contributed by atoms with Gasteiger partial charge in [-0.1, -0.05) is 20.3 Å². The lowest BCUT2D eigenvalue weighted by Crippen LogP contribution is -2.43. The summed E-state index contributed by atoms with van der Waals surface area (Å²) < 4.78 is 0. The molecule has 0 aromatic heterocycles. The maximum atomic E-state index is 12.6. The number of nitrogens with two attached hydrogens (primary N) is 1. The van der Waals surface area contributed by atoms with E-state index in [1.54, 1.807) is 0 Å². The molecule has 116 valence electrons. The van der Waals surface area contributed by atoms with Gasteiger partial charge in [0.05, 0.1) is 5.92 Å². The summed E-state index contributed by atoms with van der Waals surface area (Å²) in [5, 5.41) is 0. The van der Waals surface area contributed by atoms with Crippen LogP contribution in [0.2, 0.25) is 0 Å². The SMILES string of the molecule is CC(C)CC(CN)C(=O)N1CCC(N2CCCCC2)C1. The highest BCUT2D eigenvalue weighted by Gasteiger charge is 2.33. The van der Waals surface area contributed by atoms with Crippen LogP contribution in [0, 0.1) is 11.8 Å². The highest BCUT2D eigenvalue weighted by Crippen LogP contribution is 2.23. The van der Waals surface area contributed by atoms with Gasteiger partial charge in [0.25, 0.3) is 0 Å². The molecule has 0 bridgehead atoms. The van der Waals surface area contributed by atoms with Gasteiger partial charge in [-0.3, -0.25) is 9.69 Å². The van der Waals surface area contributed by atoms with Crippen molar-refractivity contribution in [2.75, 3.05) is 32.7 Å². The maximum Gasteiger partial charge on any atom is 0.227 e. The first-order valence-electron chi connectivity index (χ1n) is 8.34. The molecular weight excluding hydrogens is 250 g/mol. The van der Waals surface area contributed by atoms with Gasteiger partial charge in [-0.05, 0) is 44.7 Å². The van der Waals surface area contributed by atoms with Crippen molar-refractivity contribution in [1.82, 2.24) is 9.80 Å². The molecule has 0 aliphatic carbocycles. The Balaban J connectivity index is 1.85. The van der Waals surface area contributed by atoms with E-state index in [0.717, 1.165) is 25.9 Å². The third-order valence-corrected chi connectivity index (χ3v) is 4.77. The average molecular weight is 281 g/mol. The van der Waals surface area contributed by atoms with Gasteiger partial charge in [-0.2, -0.15) is 0 Å². The monoisotopic (exact) mass is 281 g/mol. The Morgan fingerprint density at radius 2 is 1.90 bits per heavy atom. The lowest BCUT2D eigenvalue weighted by molar-refractivity contribution is -0.134. The van der Waals surface area contributed by atoms with Crippen LogP contribution in [0.25, 0.3) is 0 Å². The van der Waals surface area contributed by atoms with E-state index < -0.39 is 0 Å². The number of carbonyl (C=O) groups excluding carboxylic acids is 1. The quantitative estimate of drug-likeness (QED) is 0.834. The van der Waals surface area contributed by atoms with Gasteiger partial charge in [0.15, 0.2) is 0 Å². The molecule has 2 heterocycles. The van der Waals surface area contributed by atoms with Crippen LogP contribution in [0.15, 0.2) is 0 Å². The standard InChI is InChI=1S/C16H31N3O/c1-13(2)10-14(11-17)16(20)19-9-6-15(12-19)18-7-4-3-5-8-18/h13-15H,3-12,17H2,1-2H3. The van der Waals surface area contributed by atoms with Crippen molar-refractivity contribution in [3.05, 3.63) is 0 Å². The zero-order chi connectivity index (χ0) is 14.5. The number of likely N-dealkylation sites (tertiary alicyclic amines) is 2. The lowest BCUT2D eigenvalue weighted by Gasteiger charge is -2.32. The van der Waals surface area contributed by atoms with Crippen LogP contribution in [0.4, 0.5) is 0 Å². The van der Waals surface area contributed by atoms with Crippen LogP contribution in [0.5, 0.6) is 0 Å². The Morgan fingerprint density at radius 1 is 1.20 bits per heavy atom. The van der Waals surface area contributed by atoms with E-state index in [9.17, 15) is 4.79 Å². The van der Waals surface area contributed by atoms with Gasteiger partial charge >= 0.3 is 0 Å². The van der Waals surface area contributed by atoms with E-state index in [2.05, 4.69) is 23.6 Å². The summed E-state index contributed by atoms with van der Waals surface area (Å²) >= 11 is 0. The number of rotatable bonds is 5. The topological polar surface area (TPSA) is 49.6 Å². The summed E-state index contributed by atoms with van der Waals surface area (Å²) in [6.07, 6.45) is 6.08. The van der Waals surface area contributed by atoms with E-state index in [1.165, 1.54) is 32.4 Å². The number of hydrogen-bond donors (Lipinski definition) is 1. The average Bonchev–Trinajstić information content (AvgIpc) is 2.94. The number of piperidine rings is 1. The van der Waals surface area contributed by atoms with Gasteiger partial charge in [0, 0.05) is 25.7 Å². The molecule has 0 spiro atoms. The van der Waals surface area contributed by atoms with Crippen LogP contribution in [0.3, 0.4) is 0 Å². The molecule has 20 heavy (non-hydrogen) atoms. The first-order valence-corrected chi connectivity index (χ1v) is 8.34. The highest BCUT2D eigenvalue weighted by atomic mass is 16.2. The lowest BCUT2D eigenvalue weighted by atomic mass is 9.96. The predicted molar refractivity (Wildman–Crippen MR) is 82.4 cm³/mol. The first-order chi connectivity index (χ1) is 9.61. The fourth-order valence-corrected chi connectivity index (χ4v) is 3.65. The number of carbonyl (C=O) groups is 1. The smallest absolute Gasteiger partial charge is 0.227 e. The zero-order valence-electron chi connectivity index (χ0n) is 13.2. The molecule has 2 fully saturated rings. The van der Waals surface area contributed by atoms with Crippen molar-refractivity contribution in [2.45, 2.75) is 52.0 Å². The van der Waals surface area contributed by atoms with Crippen molar-refractivity contribution in [1.29, 1.82) is 0 Å². The molecule has 4 heteroatoms. The summed E-state index contributed by atoms with van der Waals surface area (Å²) in [5.41, 5.74) is 5.81. The molecule has 2 unspecified atom stereocenters. The number of hydrogen-bond acceptors (Lipinski definition) is 3. The number of amides is 1. The molecule has 2 saturated heterocycles. The molecule has 4 nitrogen and oxygen atoms in total. The largest absolute Gasteiger partial charge is 0.341 e. The van der Waals surface area contributed by atoms with Crippen molar-refractivity contribution < 1.29 is 4.79 Å². The van der Waals surface area contributed by atoms with Gasteiger partial charge in [0.1, 0.15) is 0 Å². The fraction of sp³-hybridized carbons (Fsp3) is 0.938. The summed E-state index contributed by atoms with van der Waals surface area (Å²) in [5.74, 6) is 0.851. The van der Waals surface area contributed by atoms with E-state index >= 15 is 0 Å². The number of nitrogens with zero attached hydrogens (tertiary/aromatic N) is 2. The summed E-state index contributed by atoms with van der Waals surface area (Å²) in [6.45, 7) is 9.11.